The van der Waals surface area contributed by atoms with Gasteiger partial charge in [0.15, 0.2) is 0 Å². The zero-order valence-corrected chi connectivity index (χ0v) is 19.9. The molecule has 1 fully saturated rings. The molecule has 0 saturated carbocycles. The van der Waals surface area contributed by atoms with Crippen molar-refractivity contribution < 1.29 is 18.4 Å². The SMILES string of the molecule is O=C1NOCC1NC(=S)c1ccc(C2=NCC(c3cc(Br)cc(Br)c3)(C(F)F)C2)cn1. The summed E-state index contributed by atoms with van der Waals surface area (Å²) in [5.41, 5.74) is 3.06. The fourth-order valence-electron chi connectivity index (χ4n) is 3.53. The van der Waals surface area contributed by atoms with E-state index in [2.05, 4.69) is 52.6 Å². The molecule has 2 aliphatic rings. The smallest absolute Gasteiger partial charge is 0.268 e. The molecular formula is C20H16Br2F2N4O2S. The number of amides is 1. The number of halogens is 4. The van der Waals surface area contributed by atoms with Crippen molar-refractivity contribution in [2.24, 2.45) is 4.99 Å². The van der Waals surface area contributed by atoms with Gasteiger partial charge in [-0.05, 0) is 35.9 Å². The van der Waals surface area contributed by atoms with Crippen LogP contribution in [0, 0.1) is 0 Å². The van der Waals surface area contributed by atoms with Crippen LogP contribution in [-0.4, -0.2) is 47.2 Å². The quantitative estimate of drug-likeness (QED) is 0.534. The lowest BCUT2D eigenvalue weighted by Crippen LogP contribution is -2.41. The third-order valence-corrected chi connectivity index (χ3v) is 6.51. The molecule has 31 heavy (non-hydrogen) atoms. The molecule has 1 aromatic heterocycles. The van der Waals surface area contributed by atoms with E-state index in [0.717, 1.165) is 8.95 Å². The Bertz CT molecular complexity index is 1050. The third-order valence-electron chi connectivity index (χ3n) is 5.26. The number of rotatable bonds is 5. The first-order valence-corrected chi connectivity index (χ1v) is 11.2. The maximum absolute atomic E-state index is 14.2. The first kappa shape index (κ1) is 22.4. The number of thiocarbonyl (C=S) groups is 1. The minimum Gasteiger partial charge on any atom is -0.361 e. The number of hydroxylamine groups is 1. The third kappa shape index (κ3) is 4.55. The van der Waals surface area contributed by atoms with Gasteiger partial charge in [-0.1, -0.05) is 44.1 Å². The summed E-state index contributed by atoms with van der Waals surface area (Å²) in [6, 6.07) is 8.08. The van der Waals surface area contributed by atoms with E-state index in [4.69, 9.17) is 17.1 Å². The Morgan fingerprint density at radius 2 is 2.03 bits per heavy atom. The maximum Gasteiger partial charge on any atom is 0.268 e. The van der Waals surface area contributed by atoms with Crippen molar-refractivity contribution in [3.05, 3.63) is 62.3 Å². The van der Waals surface area contributed by atoms with E-state index in [9.17, 15) is 13.6 Å². The van der Waals surface area contributed by atoms with Crippen LogP contribution in [0.4, 0.5) is 8.78 Å². The topological polar surface area (TPSA) is 75.6 Å². The number of benzene rings is 1. The van der Waals surface area contributed by atoms with Crippen molar-refractivity contribution in [3.8, 4) is 0 Å². The summed E-state index contributed by atoms with van der Waals surface area (Å²) in [4.78, 5) is 25.5. The summed E-state index contributed by atoms with van der Waals surface area (Å²) in [5.74, 6) is -0.304. The highest BCUT2D eigenvalue weighted by molar-refractivity contribution is 9.11. The minimum absolute atomic E-state index is 0.0125. The summed E-state index contributed by atoms with van der Waals surface area (Å²) in [5, 5.41) is 2.89. The fraction of sp³-hybridized carbons (Fsp3) is 0.300. The average Bonchev–Trinajstić information content (AvgIpc) is 3.35. The number of aliphatic imine (C=N–C) groups is 1. The van der Waals surface area contributed by atoms with Crippen molar-refractivity contribution in [2.75, 3.05) is 13.2 Å². The number of hydrogen-bond acceptors (Lipinski definition) is 5. The van der Waals surface area contributed by atoms with Gasteiger partial charge in [0, 0.05) is 32.8 Å². The summed E-state index contributed by atoms with van der Waals surface area (Å²) in [6.45, 7) is 0.149. The molecule has 0 bridgehead atoms. The van der Waals surface area contributed by atoms with Crippen LogP contribution >= 0.6 is 44.1 Å². The highest BCUT2D eigenvalue weighted by atomic mass is 79.9. The van der Waals surface area contributed by atoms with Crippen molar-refractivity contribution in [1.29, 1.82) is 0 Å². The Kier molecular flexibility index (Phi) is 6.47. The first-order valence-electron chi connectivity index (χ1n) is 9.25. The molecule has 2 unspecified atom stereocenters. The van der Waals surface area contributed by atoms with Gasteiger partial charge in [-0.3, -0.25) is 19.6 Å². The number of carbonyl (C=O) groups is 1. The first-order chi connectivity index (χ1) is 14.8. The standard InChI is InChI=1S/C20H16Br2F2N4O2S/c21-12-3-11(4-13(22)5-12)20(19(23)24)6-15(26-9-20)10-1-2-14(25-7-10)18(31)27-16-8-30-28-17(16)29/h1-5,7,16,19H,6,8-9H2,(H,27,31)(H,28,29). The van der Waals surface area contributed by atoms with Gasteiger partial charge < -0.3 is 5.32 Å². The number of nitrogens with one attached hydrogen (secondary N) is 2. The molecule has 4 rings (SSSR count). The largest absolute Gasteiger partial charge is 0.361 e. The molecule has 0 aliphatic carbocycles. The molecule has 1 saturated heterocycles. The summed E-state index contributed by atoms with van der Waals surface area (Å²) in [6.07, 6.45) is -0.929. The van der Waals surface area contributed by atoms with Crippen molar-refractivity contribution >= 4 is 60.7 Å². The van der Waals surface area contributed by atoms with E-state index >= 15 is 0 Å². The van der Waals surface area contributed by atoms with Gasteiger partial charge in [-0.2, -0.15) is 0 Å². The lowest BCUT2D eigenvalue weighted by molar-refractivity contribution is -0.124. The molecule has 2 aromatic rings. The van der Waals surface area contributed by atoms with Gasteiger partial charge >= 0.3 is 0 Å². The van der Waals surface area contributed by atoms with Crippen molar-refractivity contribution in [1.82, 2.24) is 15.8 Å². The molecule has 0 radical (unpaired) electrons. The minimum atomic E-state index is -2.58. The Hall–Kier alpha value is -1.82. The second-order valence-electron chi connectivity index (χ2n) is 7.29. The molecule has 0 spiro atoms. The second-order valence-corrected chi connectivity index (χ2v) is 9.53. The van der Waals surface area contributed by atoms with E-state index in [-0.39, 0.29) is 25.5 Å². The molecule has 162 valence electrons. The highest BCUT2D eigenvalue weighted by Gasteiger charge is 2.46. The van der Waals surface area contributed by atoms with E-state index in [0.29, 0.717) is 27.5 Å². The molecule has 2 atom stereocenters. The molecule has 1 aromatic carbocycles. The number of carbonyl (C=O) groups excluding carboxylic acids is 1. The van der Waals surface area contributed by atoms with Crippen LogP contribution < -0.4 is 10.8 Å². The van der Waals surface area contributed by atoms with Crippen LogP contribution in [0.25, 0.3) is 0 Å². The van der Waals surface area contributed by atoms with Gasteiger partial charge in [0.05, 0.1) is 17.7 Å². The van der Waals surface area contributed by atoms with E-state index < -0.39 is 17.9 Å². The monoisotopic (exact) mass is 572 g/mol. The number of alkyl halides is 2. The summed E-state index contributed by atoms with van der Waals surface area (Å²) < 4.78 is 29.9. The van der Waals surface area contributed by atoms with Gasteiger partial charge in [0.1, 0.15) is 17.6 Å². The predicted octanol–water partition coefficient (Wildman–Crippen LogP) is 3.70. The van der Waals surface area contributed by atoms with E-state index in [1.807, 2.05) is 0 Å². The predicted molar refractivity (Wildman–Crippen MR) is 123 cm³/mol. The van der Waals surface area contributed by atoms with Crippen LogP contribution in [0.15, 0.2) is 50.5 Å². The van der Waals surface area contributed by atoms with Crippen LogP contribution in [0.2, 0.25) is 0 Å². The van der Waals surface area contributed by atoms with Crippen molar-refractivity contribution in [3.63, 3.8) is 0 Å². The molecule has 1 amide bonds. The van der Waals surface area contributed by atoms with Crippen LogP contribution in [-0.2, 0) is 15.0 Å². The maximum atomic E-state index is 14.2. The highest BCUT2D eigenvalue weighted by Crippen LogP contribution is 2.42. The van der Waals surface area contributed by atoms with Crippen molar-refractivity contribution in [2.45, 2.75) is 24.3 Å². The molecule has 3 heterocycles. The zero-order valence-electron chi connectivity index (χ0n) is 15.9. The Balaban J connectivity index is 1.51. The number of nitrogens with zero attached hydrogens (tertiary/aromatic N) is 2. The van der Waals surface area contributed by atoms with Crippen LogP contribution in [0.1, 0.15) is 23.2 Å². The lowest BCUT2D eigenvalue weighted by Gasteiger charge is -2.28. The van der Waals surface area contributed by atoms with Gasteiger partial charge in [-0.15, -0.1) is 0 Å². The molecule has 2 aliphatic heterocycles. The molecule has 6 nitrogen and oxygen atoms in total. The van der Waals surface area contributed by atoms with Crippen LogP contribution in [0.3, 0.4) is 0 Å². The molecular weight excluding hydrogens is 558 g/mol. The normalized spacial score (nSPS) is 23.1. The van der Waals surface area contributed by atoms with Gasteiger partial charge in [-0.25, -0.2) is 14.3 Å². The lowest BCUT2D eigenvalue weighted by atomic mass is 9.78. The van der Waals surface area contributed by atoms with Gasteiger partial charge in [0.2, 0.25) is 6.43 Å². The van der Waals surface area contributed by atoms with Crippen LogP contribution in [0.5, 0.6) is 0 Å². The summed E-state index contributed by atoms with van der Waals surface area (Å²) in [7, 11) is 0. The van der Waals surface area contributed by atoms with E-state index in [1.54, 1.807) is 36.5 Å². The Morgan fingerprint density at radius 3 is 2.61 bits per heavy atom. The number of pyridine rings is 1. The van der Waals surface area contributed by atoms with E-state index in [1.165, 1.54) is 0 Å². The number of hydrogen-bond donors (Lipinski definition) is 2. The average molecular weight is 574 g/mol. The second kappa shape index (κ2) is 8.97. The van der Waals surface area contributed by atoms with Gasteiger partial charge in [0.25, 0.3) is 5.91 Å². The fourth-order valence-corrected chi connectivity index (χ4v) is 5.09. The molecule has 2 N–H and O–H groups in total. The Morgan fingerprint density at radius 1 is 1.29 bits per heavy atom. The Labute approximate surface area is 199 Å². The molecule has 11 heteroatoms. The summed E-state index contributed by atoms with van der Waals surface area (Å²) >= 11 is 12.1. The number of aromatic nitrogens is 1. The zero-order chi connectivity index (χ0) is 22.2.